The normalized spacial score (nSPS) is 14.3. The molecule has 0 bridgehead atoms. The number of carbonyl (C=O) groups is 2. The summed E-state index contributed by atoms with van der Waals surface area (Å²) in [4.78, 5) is 27.1. The molecule has 1 aliphatic heterocycles. The molecule has 2 aromatic rings. The van der Waals surface area contributed by atoms with Gasteiger partial charge >= 0.3 is 0 Å². The van der Waals surface area contributed by atoms with Gasteiger partial charge in [-0.2, -0.15) is 0 Å². The van der Waals surface area contributed by atoms with Crippen molar-refractivity contribution in [3.8, 4) is 0 Å². The summed E-state index contributed by atoms with van der Waals surface area (Å²) in [6.45, 7) is 4.25. The Balaban J connectivity index is 2.09. The van der Waals surface area contributed by atoms with Crippen molar-refractivity contribution in [1.82, 2.24) is 4.90 Å². The van der Waals surface area contributed by atoms with Crippen LogP contribution in [0.4, 0.5) is 10.1 Å². The van der Waals surface area contributed by atoms with Gasteiger partial charge in [0.2, 0.25) is 0 Å². The Morgan fingerprint density at radius 3 is 2.52 bits per heavy atom. The number of imide groups is 1. The number of methoxy groups -OCH3 is 1. The average molecular weight is 368 g/mol. The molecule has 0 atom stereocenters. The second-order valence-electron chi connectivity index (χ2n) is 6.46. The molecule has 0 spiro atoms. The lowest BCUT2D eigenvalue weighted by Gasteiger charge is -2.14. The first-order valence-electron chi connectivity index (χ1n) is 8.62. The van der Waals surface area contributed by atoms with Crippen LogP contribution in [0.1, 0.15) is 16.7 Å². The quantitative estimate of drug-likeness (QED) is 0.795. The maximum atomic E-state index is 13.6. The Hall–Kier alpha value is -2.99. The van der Waals surface area contributed by atoms with E-state index in [1.165, 1.54) is 19.2 Å². The number of hydrogen-bond donors (Lipinski definition) is 1. The summed E-state index contributed by atoms with van der Waals surface area (Å²) in [6.07, 6.45) is 0. The molecule has 27 heavy (non-hydrogen) atoms. The van der Waals surface area contributed by atoms with Crippen LogP contribution in [0.15, 0.2) is 48.2 Å². The highest BCUT2D eigenvalue weighted by molar-refractivity contribution is 6.36. The Morgan fingerprint density at radius 1 is 1.07 bits per heavy atom. The van der Waals surface area contributed by atoms with E-state index in [1.807, 2.05) is 32.0 Å². The summed E-state index contributed by atoms with van der Waals surface area (Å²) in [7, 11) is 1.51. The summed E-state index contributed by atoms with van der Waals surface area (Å²) >= 11 is 0. The smallest absolute Gasteiger partial charge is 0.278 e. The van der Waals surface area contributed by atoms with Crippen LogP contribution < -0.4 is 5.32 Å². The highest BCUT2D eigenvalue weighted by Gasteiger charge is 2.39. The number of anilines is 1. The van der Waals surface area contributed by atoms with Crippen molar-refractivity contribution in [2.75, 3.05) is 25.6 Å². The lowest BCUT2D eigenvalue weighted by atomic mass is 9.97. The number of nitrogens with zero attached hydrogens (tertiary/aromatic N) is 1. The van der Waals surface area contributed by atoms with Crippen LogP contribution in [-0.2, 0) is 14.3 Å². The van der Waals surface area contributed by atoms with Gasteiger partial charge in [-0.3, -0.25) is 14.5 Å². The second kappa shape index (κ2) is 7.72. The summed E-state index contributed by atoms with van der Waals surface area (Å²) in [5, 5.41) is 2.95. The molecule has 2 aromatic carbocycles. The van der Waals surface area contributed by atoms with Gasteiger partial charge < -0.3 is 10.1 Å². The largest absolute Gasteiger partial charge is 0.383 e. The highest BCUT2D eigenvalue weighted by Crippen LogP contribution is 2.32. The summed E-state index contributed by atoms with van der Waals surface area (Å²) in [5.74, 6) is -1.26. The van der Waals surface area contributed by atoms with Gasteiger partial charge in [-0.15, -0.1) is 0 Å². The van der Waals surface area contributed by atoms with Crippen molar-refractivity contribution in [2.45, 2.75) is 13.8 Å². The van der Waals surface area contributed by atoms with Crippen molar-refractivity contribution in [2.24, 2.45) is 0 Å². The standard InChI is InChI=1S/C21H21FN2O3/c1-13-7-8-17(14(2)11-13)18-19(23-16-6-4-5-15(22)12-16)21(26)24(20(18)25)9-10-27-3/h4-8,11-12,23H,9-10H2,1-3H3. The van der Waals surface area contributed by atoms with Crippen molar-refractivity contribution in [1.29, 1.82) is 0 Å². The van der Waals surface area contributed by atoms with Crippen LogP contribution in [0.25, 0.3) is 5.57 Å². The molecule has 1 N–H and O–H groups in total. The molecule has 6 heteroatoms. The number of carbonyl (C=O) groups excluding carboxylic acids is 2. The maximum absolute atomic E-state index is 13.6. The Kier molecular flexibility index (Phi) is 5.37. The first-order chi connectivity index (χ1) is 12.9. The fraction of sp³-hybridized carbons (Fsp3) is 0.238. The minimum absolute atomic E-state index is 0.147. The molecule has 0 saturated heterocycles. The van der Waals surface area contributed by atoms with Gasteiger partial charge in [0, 0.05) is 12.8 Å². The molecule has 5 nitrogen and oxygen atoms in total. The molecule has 1 aliphatic rings. The molecular weight excluding hydrogens is 347 g/mol. The van der Waals surface area contributed by atoms with Crippen LogP contribution >= 0.6 is 0 Å². The molecule has 140 valence electrons. The predicted octanol–water partition coefficient (Wildman–Crippen LogP) is 3.28. The molecule has 0 aliphatic carbocycles. The first kappa shape index (κ1) is 18.8. The van der Waals surface area contributed by atoms with Crippen LogP contribution in [0.5, 0.6) is 0 Å². The molecule has 1 heterocycles. The number of ether oxygens (including phenoxy) is 1. The first-order valence-corrected chi connectivity index (χ1v) is 8.62. The van der Waals surface area contributed by atoms with Crippen molar-refractivity contribution in [3.63, 3.8) is 0 Å². The monoisotopic (exact) mass is 368 g/mol. The van der Waals surface area contributed by atoms with E-state index in [9.17, 15) is 14.0 Å². The van der Waals surface area contributed by atoms with Crippen LogP contribution in [0.2, 0.25) is 0 Å². The molecule has 0 fully saturated rings. The average Bonchev–Trinajstić information content (AvgIpc) is 2.84. The van der Waals surface area contributed by atoms with E-state index in [4.69, 9.17) is 4.74 Å². The number of aryl methyl sites for hydroxylation is 2. The molecule has 0 saturated carbocycles. The van der Waals surface area contributed by atoms with E-state index in [0.717, 1.165) is 16.0 Å². The molecule has 2 amide bonds. The van der Waals surface area contributed by atoms with E-state index in [-0.39, 0.29) is 30.3 Å². The molecule has 0 unspecified atom stereocenters. The number of benzene rings is 2. The fourth-order valence-corrected chi connectivity index (χ4v) is 3.13. The van der Waals surface area contributed by atoms with Gasteiger partial charge in [-0.25, -0.2) is 4.39 Å². The van der Waals surface area contributed by atoms with Crippen molar-refractivity contribution >= 4 is 23.1 Å². The number of nitrogens with one attached hydrogen (secondary N) is 1. The Morgan fingerprint density at radius 2 is 1.85 bits per heavy atom. The van der Waals surface area contributed by atoms with Gasteiger partial charge in [-0.05, 0) is 43.2 Å². The fourth-order valence-electron chi connectivity index (χ4n) is 3.13. The zero-order valence-electron chi connectivity index (χ0n) is 15.5. The lowest BCUT2D eigenvalue weighted by molar-refractivity contribution is -0.137. The highest BCUT2D eigenvalue weighted by atomic mass is 19.1. The minimum atomic E-state index is -0.448. The predicted molar refractivity (Wildman–Crippen MR) is 101 cm³/mol. The minimum Gasteiger partial charge on any atom is -0.383 e. The van der Waals surface area contributed by atoms with E-state index < -0.39 is 11.7 Å². The summed E-state index contributed by atoms with van der Waals surface area (Å²) in [6, 6.07) is 11.5. The van der Waals surface area contributed by atoms with E-state index >= 15 is 0 Å². The number of rotatable bonds is 6. The summed E-state index contributed by atoms with van der Waals surface area (Å²) in [5.41, 5.74) is 3.47. The lowest BCUT2D eigenvalue weighted by Crippen LogP contribution is -2.35. The number of amides is 2. The topological polar surface area (TPSA) is 58.6 Å². The van der Waals surface area contributed by atoms with Gasteiger partial charge in [0.15, 0.2) is 0 Å². The van der Waals surface area contributed by atoms with Gasteiger partial charge in [-0.1, -0.05) is 29.8 Å². The molecule has 0 radical (unpaired) electrons. The number of halogens is 1. The van der Waals surface area contributed by atoms with Crippen molar-refractivity contribution < 1.29 is 18.7 Å². The number of hydrogen-bond acceptors (Lipinski definition) is 4. The van der Waals surface area contributed by atoms with Crippen LogP contribution in [0.3, 0.4) is 0 Å². The van der Waals surface area contributed by atoms with Crippen LogP contribution in [0, 0.1) is 19.7 Å². The third-order valence-electron chi connectivity index (χ3n) is 4.43. The second-order valence-corrected chi connectivity index (χ2v) is 6.46. The molecule has 0 aromatic heterocycles. The van der Waals surface area contributed by atoms with Gasteiger partial charge in [0.25, 0.3) is 11.8 Å². The van der Waals surface area contributed by atoms with Crippen molar-refractivity contribution in [3.05, 3.63) is 70.7 Å². The third-order valence-corrected chi connectivity index (χ3v) is 4.43. The van der Waals surface area contributed by atoms with E-state index in [2.05, 4.69) is 5.32 Å². The van der Waals surface area contributed by atoms with E-state index in [0.29, 0.717) is 11.3 Å². The van der Waals surface area contributed by atoms with Gasteiger partial charge in [0.1, 0.15) is 11.5 Å². The Labute approximate surface area is 157 Å². The third kappa shape index (κ3) is 3.75. The van der Waals surface area contributed by atoms with Gasteiger partial charge in [0.05, 0.1) is 18.7 Å². The molecule has 3 rings (SSSR count). The van der Waals surface area contributed by atoms with Crippen LogP contribution in [-0.4, -0.2) is 37.0 Å². The zero-order valence-corrected chi connectivity index (χ0v) is 15.5. The SMILES string of the molecule is COCCN1C(=O)C(Nc2cccc(F)c2)=C(c2ccc(C)cc2C)C1=O. The zero-order chi connectivity index (χ0) is 19.6. The molecular formula is C21H21FN2O3. The van der Waals surface area contributed by atoms with E-state index in [1.54, 1.807) is 12.1 Å². The summed E-state index contributed by atoms with van der Waals surface area (Å²) < 4.78 is 18.6. The Bertz CT molecular complexity index is 937. The maximum Gasteiger partial charge on any atom is 0.278 e.